The van der Waals surface area contributed by atoms with E-state index < -0.39 is 13.1 Å². The molecule has 1 aromatic carbocycles. The van der Waals surface area contributed by atoms with Crippen molar-refractivity contribution in [1.29, 1.82) is 0 Å². The van der Waals surface area contributed by atoms with E-state index >= 15 is 0 Å². The van der Waals surface area contributed by atoms with E-state index in [-0.39, 0.29) is 13.2 Å². The Kier molecular flexibility index (Phi) is 6.91. The van der Waals surface area contributed by atoms with E-state index in [2.05, 4.69) is 31.9 Å². The first-order valence-corrected chi connectivity index (χ1v) is 9.22. The van der Waals surface area contributed by atoms with Gasteiger partial charge in [0, 0.05) is 15.4 Å². The molecule has 0 aliphatic rings. The average molecular weight is 414 g/mol. The highest BCUT2D eigenvalue weighted by molar-refractivity contribution is 9.10. The number of alkyl halides is 1. The Bertz CT molecular complexity index is 495. The quantitative estimate of drug-likeness (QED) is 0.478. The Morgan fingerprint density at radius 2 is 1.84 bits per heavy atom. The van der Waals surface area contributed by atoms with Crippen LogP contribution in [-0.4, -0.2) is 18.7 Å². The van der Waals surface area contributed by atoms with Crippen LogP contribution in [0.5, 0.6) is 0 Å². The van der Waals surface area contributed by atoms with Gasteiger partial charge >= 0.3 is 7.60 Å². The van der Waals surface area contributed by atoms with Gasteiger partial charge in [0.15, 0.2) is 0 Å². The van der Waals surface area contributed by atoms with Crippen molar-refractivity contribution in [1.82, 2.24) is 0 Å². The molecule has 1 rings (SSSR count). The number of carbonyl (C=O) groups is 1. The number of benzene rings is 1. The fourth-order valence-electron chi connectivity index (χ4n) is 1.46. The van der Waals surface area contributed by atoms with Gasteiger partial charge < -0.3 is 9.05 Å². The van der Waals surface area contributed by atoms with Crippen LogP contribution in [0, 0.1) is 0 Å². The predicted octanol–water partition coefficient (Wildman–Crippen LogP) is 4.75. The maximum Gasteiger partial charge on any atom is 0.401 e. The molecule has 0 heterocycles. The molecule has 0 atom stereocenters. The molecule has 0 spiro atoms. The Hall–Kier alpha value is -0.000000000000000111. The molecule has 0 aliphatic carbocycles. The first-order chi connectivity index (χ1) is 8.98. The summed E-state index contributed by atoms with van der Waals surface area (Å²) >= 11 is 6.64. The van der Waals surface area contributed by atoms with Gasteiger partial charge in [-0.1, -0.05) is 37.9 Å². The molecule has 0 radical (unpaired) electrons. The third kappa shape index (κ3) is 4.23. The minimum absolute atomic E-state index is 0.153. The summed E-state index contributed by atoms with van der Waals surface area (Å²) < 4.78 is 23.1. The molecule has 0 N–H and O–H groups in total. The van der Waals surface area contributed by atoms with E-state index in [1.807, 2.05) is 0 Å². The topological polar surface area (TPSA) is 52.6 Å². The van der Waals surface area contributed by atoms with Gasteiger partial charge in [-0.25, -0.2) is 0 Å². The zero-order valence-corrected chi connectivity index (χ0v) is 14.8. The van der Waals surface area contributed by atoms with Gasteiger partial charge in [0.25, 0.3) is 5.52 Å². The SMILES string of the molecule is CCOP(=O)(OCC)C(=O)c1ccc(CBr)cc1Br. The molecule has 106 valence electrons. The summed E-state index contributed by atoms with van der Waals surface area (Å²) in [5.41, 5.74) is 0.685. The summed E-state index contributed by atoms with van der Waals surface area (Å²) in [5.74, 6) is 0. The minimum Gasteiger partial charge on any atom is -0.303 e. The molecule has 0 aromatic heterocycles. The predicted molar refractivity (Wildman–Crippen MR) is 82.0 cm³/mol. The van der Waals surface area contributed by atoms with E-state index in [1.54, 1.807) is 32.0 Å². The number of rotatable bonds is 7. The summed E-state index contributed by atoms with van der Waals surface area (Å²) in [6, 6.07) is 5.20. The lowest BCUT2D eigenvalue weighted by Crippen LogP contribution is -2.08. The van der Waals surface area contributed by atoms with Gasteiger partial charge in [-0.15, -0.1) is 0 Å². The van der Waals surface area contributed by atoms with Crippen molar-refractivity contribution in [2.24, 2.45) is 0 Å². The van der Waals surface area contributed by atoms with Crippen LogP contribution in [0.4, 0.5) is 0 Å². The third-order valence-electron chi connectivity index (χ3n) is 2.27. The second kappa shape index (κ2) is 7.70. The maximum atomic E-state index is 12.4. The Labute approximate surface area is 129 Å². The van der Waals surface area contributed by atoms with E-state index in [9.17, 15) is 9.36 Å². The largest absolute Gasteiger partial charge is 0.401 e. The zero-order chi connectivity index (χ0) is 14.5. The Morgan fingerprint density at radius 1 is 1.26 bits per heavy atom. The molecule has 0 unspecified atom stereocenters. The molecule has 0 bridgehead atoms. The molecule has 19 heavy (non-hydrogen) atoms. The van der Waals surface area contributed by atoms with E-state index in [4.69, 9.17) is 9.05 Å². The van der Waals surface area contributed by atoms with Crippen molar-refractivity contribution in [2.75, 3.05) is 13.2 Å². The van der Waals surface area contributed by atoms with Crippen molar-refractivity contribution >= 4 is 45.0 Å². The minimum atomic E-state index is -3.76. The molecule has 1 aromatic rings. The summed E-state index contributed by atoms with van der Waals surface area (Å²) in [6.07, 6.45) is 0. The van der Waals surface area contributed by atoms with Crippen LogP contribution in [0.1, 0.15) is 29.8 Å². The fraction of sp³-hybridized carbons (Fsp3) is 0.417. The second-order valence-electron chi connectivity index (χ2n) is 3.59. The summed E-state index contributed by atoms with van der Waals surface area (Å²) in [5, 5.41) is 0.675. The number of carbonyl (C=O) groups excluding carboxylic acids is 1. The van der Waals surface area contributed by atoms with Crippen LogP contribution >= 0.6 is 39.5 Å². The summed E-state index contributed by atoms with van der Waals surface area (Å²) in [6.45, 7) is 3.64. The van der Waals surface area contributed by atoms with Gasteiger partial charge in [-0.05, 0) is 31.5 Å². The van der Waals surface area contributed by atoms with Crippen molar-refractivity contribution < 1.29 is 18.4 Å². The van der Waals surface area contributed by atoms with Gasteiger partial charge in [0.1, 0.15) is 0 Å². The lowest BCUT2D eigenvalue weighted by atomic mass is 10.2. The van der Waals surface area contributed by atoms with Crippen LogP contribution in [-0.2, 0) is 18.9 Å². The standard InChI is InChI=1S/C12H15Br2O4P/c1-3-17-19(16,18-4-2)12(15)10-6-5-9(8-13)7-11(10)14/h5-7H,3-4,8H2,1-2H3. The average Bonchev–Trinajstić information content (AvgIpc) is 2.38. The number of hydrogen-bond acceptors (Lipinski definition) is 4. The summed E-state index contributed by atoms with van der Waals surface area (Å²) in [7, 11) is -3.76. The highest BCUT2D eigenvalue weighted by Crippen LogP contribution is 2.51. The van der Waals surface area contributed by atoms with E-state index in [0.29, 0.717) is 15.4 Å². The van der Waals surface area contributed by atoms with Crippen LogP contribution in [0.25, 0.3) is 0 Å². The lowest BCUT2D eigenvalue weighted by Gasteiger charge is -2.16. The van der Waals surface area contributed by atoms with Crippen LogP contribution in [0.15, 0.2) is 22.7 Å². The van der Waals surface area contributed by atoms with Gasteiger partial charge in [-0.2, -0.15) is 0 Å². The Balaban J connectivity index is 3.13. The molecule has 0 saturated heterocycles. The normalized spacial score (nSPS) is 11.6. The highest BCUT2D eigenvalue weighted by atomic mass is 79.9. The zero-order valence-electron chi connectivity index (χ0n) is 10.7. The van der Waals surface area contributed by atoms with Gasteiger partial charge in [-0.3, -0.25) is 9.36 Å². The molecule has 0 fully saturated rings. The Morgan fingerprint density at radius 3 is 2.26 bits per heavy atom. The molecule has 0 amide bonds. The summed E-state index contributed by atoms with van der Waals surface area (Å²) in [4.78, 5) is 12.3. The molecular weight excluding hydrogens is 399 g/mol. The molecule has 0 saturated carbocycles. The van der Waals surface area contributed by atoms with Crippen molar-refractivity contribution in [2.45, 2.75) is 19.2 Å². The molecule has 0 aliphatic heterocycles. The van der Waals surface area contributed by atoms with Gasteiger partial charge in [0.05, 0.1) is 13.2 Å². The second-order valence-corrected chi connectivity index (χ2v) is 6.92. The molecular formula is C12H15Br2O4P. The fourth-order valence-corrected chi connectivity index (χ4v) is 4.04. The highest BCUT2D eigenvalue weighted by Gasteiger charge is 2.36. The lowest BCUT2D eigenvalue weighted by molar-refractivity contribution is 0.100. The third-order valence-corrected chi connectivity index (χ3v) is 5.50. The molecule has 4 nitrogen and oxygen atoms in total. The van der Waals surface area contributed by atoms with E-state index in [1.165, 1.54) is 0 Å². The van der Waals surface area contributed by atoms with Crippen molar-refractivity contribution in [3.05, 3.63) is 33.8 Å². The molecule has 7 heteroatoms. The monoisotopic (exact) mass is 412 g/mol. The number of hydrogen-bond donors (Lipinski definition) is 0. The first kappa shape index (κ1) is 17.1. The van der Waals surface area contributed by atoms with Crippen LogP contribution < -0.4 is 0 Å². The van der Waals surface area contributed by atoms with Crippen molar-refractivity contribution in [3.63, 3.8) is 0 Å². The van der Waals surface area contributed by atoms with Crippen LogP contribution in [0.2, 0.25) is 0 Å². The van der Waals surface area contributed by atoms with Crippen LogP contribution in [0.3, 0.4) is 0 Å². The first-order valence-electron chi connectivity index (χ1n) is 5.76. The van der Waals surface area contributed by atoms with E-state index in [0.717, 1.165) is 5.56 Å². The van der Waals surface area contributed by atoms with Crippen molar-refractivity contribution in [3.8, 4) is 0 Å². The number of halogens is 2. The smallest absolute Gasteiger partial charge is 0.303 e. The van der Waals surface area contributed by atoms with Gasteiger partial charge in [0.2, 0.25) is 0 Å². The maximum absolute atomic E-state index is 12.4.